The number of amides is 1. The van der Waals surface area contributed by atoms with Gasteiger partial charge in [-0.05, 0) is 31.9 Å². The summed E-state index contributed by atoms with van der Waals surface area (Å²) in [6, 6.07) is 5.54. The number of hydrogen-bond donors (Lipinski definition) is 0. The van der Waals surface area contributed by atoms with Gasteiger partial charge in [-0.1, -0.05) is 11.8 Å². The van der Waals surface area contributed by atoms with Crippen LogP contribution in [-0.2, 0) is 9.59 Å². The van der Waals surface area contributed by atoms with Crippen LogP contribution >= 0.6 is 11.8 Å². The molecule has 1 unspecified atom stereocenters. The summed E-state index contributed by atoms with van der Waals surface area (Å²) in [7, 11) is 0. The van der Waals surface area contributed by atoms with E-state index in [0.29, 0.717) is 37.7 Å². The summed E-state index contributed by atoms with van der Waals surface area (Å²) in [5.41, 5.74) is 0.748. The molecule has 0 saturated carbocycles. The minimum Gasteiger partial charge on any atom is -0.494 e. The van der Waals surface area contributed by atoms with Gasteiger partial charge in [0, 0.05) is 31.7 Å². The largest absolute Gasteiger partial charge is 0.494 e. The van der Waals surface area contributed by atoms with Crippen LogP contribution in [0.3, 0.4) is 0 Å². The lowest BCUT2D eigenvalue weighted by molar-refractivity contribution is -0.117. The highest BCUT2D eigenvalue weighted by Gasteiger charge is 2.32. The van der Waals surface area contributed by atoms with Gasteiger partial charge in [-0.2, -0.15) is 0 Å². The maximum atomic E-state index is 12.4. The van der Waals surface area contributed by atoms with Crippen molar-refractivity contribution in [1.29, 1.82) is 0 Å². The van der Waals surface area contributed by atoms with Crippen LogP contribution in [0, 0.1) is 5.92 Å². The first-order chi connectivity index (χ1) is 11.0. The van der Waals surface area contributed by atoms with Gasteiger partial charge in [-0.25, -0.2) is 0 Å². The van der Waals surface area contributed by atoms with Gasteiger partial charge < -0.3 is 14.4 Å². The molecule has 5 nitrogen and oxygen atoms in total. The summed E-state index contributed by atoms with van der Waals surface area (Å²) < 4.78 is 11.2. The Bertz CT molecular complexity index is 576. The predicted molar refractivity (Wildman–Crippen MR) is 92.4 cm³/mol. The van der Waals surface area contributed by atoms with E-state index in [0.717, 1.165) is 11.4 Å². The van der Waals surface area contributed by atoms with Crippen molar-refractivity contribution in [2.75, 3.05) is 30.4 Å². The summed E-state index contributed by atoms with van der Waals surface area (Å²) in [6.07, 6.45) is 0.463. The van der Waals surface area contributed by atoms with E-state index in [9.17, 15) is 9.59 Å². The summed E-state index contributed by atoms with van der Waals surface area (Å²) >= 11 is 1.28. The van der Waals surface area contributed by atoms with E-state index in [1.165, 1.54) is 11.8 Å². The summed E-state index contributed by atoms with van der Waals surface area (Å²) in [5, 5.41) is 0.0873. The van der Waals surface area contributed by atoms with Gasteiger partial charge in [-0.3, -0.25) is 9.59 Å². The first-order valence-electron chi connectivity index (χ1n) is 7.88. The first kappa shape index (κ1) is 17.7. The molecule has 1 aromatic carbocycles. The smallest absolute Gasteiger partial charge is 0.227 e. The molecule has 1 aliphatic heterocycles. The number of rotatable bonds is 7. The molecule has 6 heteroatoms. The van der Waals surface area contributed by atoms with E-state index < -0.39 is 0 Å². The van der Waals surface area contributed by atoms with Gasteiger partial charge in [0.05, 0.1) is 18.9 Å². The van der Waals surface area contributed by atoms with E-state index >= 15 is 0 Å². The Morgan fingerprint density at radius 2 is 2.04 bits per heavy atom. The molecule has 1 fully saturated rings. The highest BCUT2D eigenvalue weighted by Crippen LogP contribution is 2.37. The average Bonchev–Trinajstić information content (AvgIpc) is 2.88. The SMILES string of the molecule is CCOc1ccc(OCC)c(N2CC(CSC(C)=O)CC2=O)c1. The lowest BCUT2D eigenvalue weighted by atomic mass is 10.1. The summed E-state index contributed by atoms with van der Waals surface area (Å²) in [6.45, 7) is 7.10. The molecular weight excluding hydrogens is 314 g/mol. The van der Waals surface area contributed by atoms with E-state index in [4.69, 9.17) is 9.47 Å². The molecule has 1 aromatic rings. The fourth-order valence-corrected chi connectivity index (χ4v) is 3.30. The molecule has 0 spiro atoms. The number of thioether (sulfide) groups is 1. The lowest BCUT2D eigenvalue weighted by Gasteiger charge is -2.21. The minimum absolute atomic E-state index is 0.0637. The number of benzene rings is 1. The van der Waals surface area contributed by atoms with Crippen molar-refractivity contribution in [2.24, 2.45) is 5.92 Å². The number of nitrogens with zero attached hydrogens (tertiary/aromatic N) is 1. The topological polar surface area (TPSA) is 55.8 Å². The Morgan fingerprint density at radius 1 is 1.30 bits per heavy atom. The second kappa shape index (κ2) is 8.24. The van der Waals surface area contributed by atoms with Gasteiger partial charge in [0.1, 0.15) is 11.5 Å². The maximum Gasteiger partial charge on any atom is 0.227 e. The normalized spacial score (nSPS) is 17.4. The van der Waals surface area contributed by atoms with Crippen LogP contribution < -0.4 is 14.4 Å². The molecule has 2 rings (SSSR count). The zero-order valence-electron chi connectivity index (χ0n) is 13.8. The second-order valence-electron chi connectivity index (χ2n) is 5.37. The fourth-order valence-electron chi connectivity index (χ4n) is 2.60. The Labute approximate surface area is 141 Å². The van der Waals surface area contributed by atoms with Crippen molar-refractivity contribution in [3.63, 3.8) is 0 Å². The maximum absolute atomic E-state index is 12.4. The molecule has 0 bridgehead atoms. The third-order valence-electron chi connectivity index (χ3n) is 3.56. The van der Waals surface area contributed by atoms with Crippen molar-refractivity contribution in [3.05, 3.63) is 18.2 Å². The highest BCUT2D eigenvalue weighted by atomic mass is 32.2. The van der Waals surface area contributed by atoms with E-state index in [2.05, 4.69) is 0 Å². The lowest BCUT2D eigenvalue weighted by Crippen LogP contribution is -2.25. The molecule has 1 saturated heterocycles. The minimum atomic E-state index is 0.0637. The molecule has 0 aromatic heterocycles. The van der Waals surface area contributed by atoms with Crippen LogP contribution in [0.5, 0.6) is 11.5 Å². The van der Waals surface area contributed by atoms with Crippen molar-refractivity contribution in [1.82, 2.24) is 0 Å². The predicted octanol–water partition coefficient (Wildman–Crippen LogP) is 3.12. The Hall–Kier alpha value is -1.69. The van der Waals surface area contributed by atoms with Gasteiger partial charge in [0.2, 0.25) is 5.91 Å². The van der Waals surface area contributed by atoms with Crippen LogP contribution in [0.1, 0.15) is 27.2 Å². The van der Waals surface area contributed by atoms with Crippen LogP contribution in [0.25, 0.3) is 0 Å². The van der Waals surface area contributed by atoms with Crippen molar-refractivity contribution in [2.45, 2.75) is 27.2 Å². The molecule has 1 heterocycles. The number of anilines is 1. The Kier molecular flexibility index (Phi) is 6.33. The molecule has 0 aliphatic carbocycles. The number of ether oxygens (including phenoxy) is 2. The average molecular weight is 337 g/mol. The summed E-state index contributed by atoms with van der Waals surface area (Å²) in [5.74, 6) is 2.33. The molecule has 23 heavy (non-hydrogen) atoms. The number of carbonyl (C=O) groups is 2. The first-order valence-corrected chi connectivity index (χ1v) is 8.87. The zero-order valence-corrected chi connectivity index (χ0v) is 14.6. The van der Waals surface area contributed by atoms with Crippen LogP contribution in [0.15, 0.2) is 18.2 Å². The van der Waals surface area contributed by atoms with Gasteiger partial charge in [0.15, 0.2) is 5.12 Å². The second-order valence-corrected chi connectivity index (χ2v) is 6.57. The fraction of sp³-hybridized carbons (Fsp3) is 0.529. The molecular formula is C17H23NO4S. The van der Waals surface area contributed by atoms with Crippen molar-refractivity contribution < 1.29 is 19.1 Å². The molecule has 0 N–H and O–H groups in total. The quantitative estimate of drug-likeness (QED) is 0.765. The third-order valence-corrected chi connectivity index (χ3v) is 4.60. The Balaban J connectivity index is 2.19. The van der Waals surface area contributed by atoms with Crippen molar-refractivity contribution in [3.8, 4) is 11.5 Å². The van der Waals surface area contributed by atoms with E-state index in [-0.39, 0.29) is 16.9 Å². The molecule has 1 amide bonds. The molecule has 1 atom stereocenters. The Morgan fingerprint density at radius 3 is 2.70 bits per heavy atom. The van der Waals surface area contributed by atoms with Crippen LogP contribution in [0.4, 0.5) is 5.69 Å². The van der Waals surface area contributed by atoms with Crippen molar-refractivity contribution >= 4 is 28.5 Å². The number of hydrogen-bond acceptors (Lipinski definition) is 5. The molecule has 0 radical (unpaired) electrons. The van der Waals surface area contributed by atoms with E-state index in [1.54, 1.807) is 11.8 Å². The van der Waals surface area contributed by atoms with Gasteiger partial charge >= 0.3 is 0 Å². The van der Waals surface area contributed by atoms with Gasteiger partial charge in [0.25, 0.3) is 0 Å². The van der Waals surface area contributed by atoms with Gasteiger partial charge in [-0.15, -0.1) is 0 Å². The molecule has 126 valence electrons. The van der Waals surface area contributed by atoms with Crippen LogP contribution in [0.2, 0.25) is 0 Å². The number of carbonyl (C=O) groups excluding carboxylic acids is 2. The third kappa shape index (κ3) is 4.64. The van der Waals surface area contributed by atoms with Crippen LogP contribution in [-0.4, -0.2) is 36.5 Å². The monoisotopic (exact) mass is 337 g/mol. The highest BCUT2D eigenvalue weighted by molar-refractivity contribution is 8.13. The molecule has 1 aliphatic rings. The summed E-state index contributed by atoms with van der Waals surface area (Å²) in [4.78, 5) is 25.3. The van der Waals surface area contributed by atoms with E-state index in [1.807, 2.05) is 32.0 Å². The zero-order chi connectivity index (χ0) is 16.8. The standard InChI is InChI=1S/C17H23NO4S/c1-4-21-14-6-7-16(22-5-2)15(9-14)18-10-13(8-17(18)20)11-23-12(3)19/h6-7,9,13H,4-5,8,10-11H2,1-3H3.